The molecule has 0 aromatic heterocycles. The average Bonchev–Trinajstić information content (AvgIpc) is 2.32. The van der Waals surface area contributed by atoms with E-state index in [1.807, 2.05) is 0 Å². The van der Waals surface area contributed by atoms with E-state index in [-0.39, 0.29) is 5.84 Å². The van der Waals surface area contributed by atoms with E-state index in [2.05, 4.69) is 15.9 Å². The third kappa shape index (κ3) is 3.41. The highest BCUT2D eigenvalue weighted by Gasteiger charge is 2.07. The Bertz CT molecular complexity index is 647. The standard InChI is InChI=1S/C13H9BrCl2N2O/c14-10-6-8(2-3-9(10)13(17)18)19-12-4-1-7(15)5-11(12)16/h1-6H,(H3,17,18). The maximum Gasteiger partial charge on any atom is 0.146 e. The Labute approximate surface area is 128 Å². The van der Waals surface area contributed by atoms with Gasteiger partial charge in [-0.1, -0.05) is 23.2 Å². The first-order chi connectivity index (χ1) is 8.97. The molecule has 19 heavy (non-hydrogen) atoms. The summed E-state index contributed by atoms with van der Waals surface area (Å²) in [7, 11) is 0. The maximum absolute atomic E-state index is 7.40. The van der Waals surface area contributed by atoms with Gasteiger partial charge in [-0.25, -0.2) is 0 Å². The molecule has 2 rings (SSSR count). The lowest BCUT2D eigenvalue weighted by molar-refractivity contribution is 0.482. The van der Waals surface area contributed by atoms with Crippen molar-refractivity contribution in [3.05, 3.63) is 56.5 Å². The molecule has 98 valence electrons. The minimum atomic E-state index is -0.0112. The number of nitrogen functional groups attached to an aromatic ring is 1. The largest absolute Gasteiger partial charge is 0.456 e. The molecule has 0 aliphatic heterocycles. The van der Waals surface area contributed by atoms with Crippen LogP contribution >= 0.6 is 39.1 Å². The van der Waals surface area contributed by atoms with Crippen LogP contribution in [0.5, 0.6) is 11.5 Å². The van der Waals surface area contributed by atoms with E-state index in [1.165, 1.54) is 0 Å². The highest BCUT2D eigenvalue weighted by Crippen LogP contribution is 2.33. The lowest BCUT2D eigenvalue weighted by Crippen LogP contribution is -2.11. The number of amidine groups is 1. The zero-order chi connectivity index (χ0) is 14.0. The maximum atomic E-state index is 7.40. The van der Waals surface area contributed by atoms with Gasteiger partial charge in [0.15, 0.2) is 0 Å². The molecule has 3 nitrogen and oxygen atoms in total. The van der Waals surface area contributed by atoms with Crippen LogP contribution in [0, 0.1) is 5.41 Å². The van der Waals surface area contributed by atoms with Gasteiger partial charge in [0.25, 0.3) is 0 Å². The minimum absolute atomic E-state index is 0.0112. The Kier molecular flexibility index (Phi) is 4.34. The summed E-state index contributed by atoms with van der Waals surface area (Å²) in [6.45, 7) is 0. The zero-order valence-corrected chi connectivity index (χ0v) is 12.7. The van der Waals surface area contributed by atoms with Crippen LogP contribution in [0.3, 0.4) is 0 Å². The van der Waals surface area contributed by atoms with Crippen molar-refractivity contribution >= 4 is 45.0 Å². The molecule has 0 heterocycles. The highest BCUT2D eigenvalue weighted by molar-refractivity contribution is 9.10. The molecule has 6 heteroatoms. The average molecular weight is 360 g/mol. The van der Waals surface area contributed by atoms with E-state index < -0.39 is 0 Å². The van der Waals surface area contributed by atoms with Crippen molar-refractivity contribution in [2.45, 2.75) is 0 Å². The van der Waals surface area contributed by atoms with Crippen LogP contribution in [0.1, 0.15) is 5.56 Å². The number of benzene rings is 2. The first-order valence-electron chi connectivity index (χ1n) is 5.24. The van der Waals surface area contributed by atoms with E-state index >= 15 is 0 Å². The molecule has 0 aliphatic rings. The van der Waals surface area contributed by atoms with Crippen LogP contribution < -0.4 is 10.5 Å². The Morgan fingerprint density at radius 3 is 2.47 bits per heavy atom. The van der Waals surface area contributed by atoms with Crippen molar-refractivity contribution in [1.82, 2.24) is 0 Å². The van der Waals surface area contributed by atoms with Gasteiger partial charge in [0.2, 0.25) is 0 Å². The summed E-state index contributed by atoms with van der Waals surface area (Å²) in [4.78, 5) is 0. The van der Waals surface area contributed by atoms with Crippen molar-refractivity contribution in [1.29, 1.82) is 5.41 Å². The minimum Gasteiger partial charge on any atom is -0.456 e. The van der Waals surface area contributed by atoms with Gasteiger partial charge < -0.3 is 10.5 Å². The lowest BCUT2D eigenvalue weighted by atomic mass is 10.2. The van der Waals surface area contributed by atoms with Crippen molar-refractivity contribution < 1.29 is 4.74 Å². The second-order valence-corrected chi connectivity index (χ2v) is 5.43. The number of nitrogens with one attached hydrogen (secondary N) is 1. The van der Waals surface area contributed by atoms with Gasteiger partial charge in [-0.15, -0.1) is 0 Å². The zero-order valence-electron chi connectivity index (χ0n) is 9.58. The Hall–Kier alpha value is -1.23. The van der Waals surface area contributed by atoms with Crippen LogP contribution in [0.2, 0.25) is 10.0 Å². The SMILES string of the molecule is N=C(N)c1ccc(Oc2ccc(Cl)cc2Cl)cc1Br. The second kappa shape index (κ2) is 5.82. The molecule has 0 amide bonds. The fourth-order valence-electron chi connectivity index (χ4n) is 1.46. The molecule has 0 unspecified atom stereocenters. The van der Waals surface area contributed by atoms with Crippen LogP contribution in [-0.4, -0.2) is 5.84 Å². The number of hydrogen-bond acceptors (Lipinski definition) is 2. The summed E-state index contributed by atoms with van der Waals surface area (Å²) >= 11 is 15.2. The number of rotatable bonds is 3. The number of nitrogens with two attached hydrogens (primary N) is 1. The lowest BCUT2D eigenvalue weighted by Gasteiger charge is -2.09. The molecule has 3 N–H and O–H groups in total. The third-order valence-corrected chi connectivity index (χ3v) is 3.54. The fraction of sp³-hybridized carbons (Fsp3) is 0. The van der Waals surface area contributed by atoms with Gasteiger partial charge in [0, 0.05) is 15.1 Å². The summed E-state index contributed by atoms with van der Waals surface area (Å²) < 4.78 is 6.33. The van der Waals surface area contributed by atoms with Gasteiger partial charge in [-0.3, -0.25) is 5.41 Å². The van der Waals surface area contributed by atoms with E-state index in [0.29, 0.717) is 31.6 Å². The summed E-state index contributed by atoms with van der Waals surface area (Å²) in [6, 6.07) is 10.1. The quantitative estimate of drug-likeness (QED) is 0.608. The number of halogens is 3. The molecule has 2 aromatic carbocycles. The van der Waals surface area contributed by atoms with Crippen molar-refractivity contribution in [3.8, 4) is 11.5 Å². The molecule has 2 aromatic rings. The van der Waals surface area contributed by atoms with Gasteiger partial charge >= 0.3 is 0 Å². The summed E-state index contributed by atoms with van der Waals surface area (Å²) in [5.41, 5.74) is 6.04. The van der Waals surface area contributed by atoms with Crippen LogP contribution in [0.25, 0.3) is 0 Å². The van der Waals surface area contributed by atoms with Gasteiger partial charge in [-0.05, 0) is 52.3 Å². The van der Waals surface area contributed by atoms with E-state index in [1.54, 1.807) is 36.4 Å². The molecule has 0 spiro atoms. The van der Waals surface area contributed by atoms with Crippen LogP contribution in [-0.2, 0) is 0 Å². The molecule has 0 saturated heterocycles. The normalized spacial score (nSPS) is 10.3. The summed E-state index contributed by atoms with van der Waals surface area (Å²) in [5, 5.41) is 8.37. The number of ether oxygens (including phenoxy) is 1. The molecule has 0 fully saturated rings. The fourth-order valence-corrected chi connectivity index (χ4v) is 2.48. The third-order valence-electron chi connectivity index (χ3n) is 2.35. The molecule has 0 atom stereocenters. The molecule has 0 saturated carbocycles. The van der Waals surface area contributed by atoms with Gasteiger partial charge in [0.1, 0.15) is 17.3 Å². The first kappa shape index (κ1) is 14.2. The molecule has 0 radical (unpaired) electrons. The Morgan fingerprint density at radius 1 is 1.16 bits per heavy atom. The van der Waals surface area contributed by atoms with E-state index in [4.69, 9.17) is 39.1 Å². The second-order valence-electron chi connectivity index (χ2n) is 3.73. The van der Waals surface area contributed by atoms with Gasteiger partial charge in [0.05, 0.1) is 5.02 Å². The number of hydrogen-bond donors (Lipinski definition) is 2. The Balaban J connectivity index is 2.29. The molecule has 0 aliphatic carbocycles. The van der Waals surface area contributed by atoms with E-state index in [0.717, 1.165) is 0 Å². The van der Waals surface area contributed by atoms with Crippen molar-refractivity contribution in [3.63, 3.8) is 0 Å². The van der Waals surface area contributed by atoms with Crippen LogP contribution in [0.15, 0.2) is 40.9 Å². The smallest absolute Gasteiger partial charge is 0.146 e. The molecular formula is C13H9BrCl2N2O. The van der Waals surface area contributed by atoms with Crippen molar-refractivity contribution in [2.24, 2.45) is 5.73 Å². The highest BCUT2D eigenvalue weighted by atomic mass is 79.9. The summed E-state index contributed by atoms with van der Waals surface area (Å²) in [5.74, 6) is 1.08. The summed E-state index contributed by atoms with van der Waals surface area (Å²) in [6.07, 6.45) is 0. The van der Waals surface area contributed by atoms with Crippen molar-refractivity contribution in [2.75, 3.05) is 0 Å². The van der Waals surface area contributed by atoms with Gasteiger partial charge in [-0.2, -0.15) is 0 Å². The molecule has 0 bridgehead atoms. The molecular weight excluding hydrogens is 351 g/mol. The monoisotopic (exact) mass is 358 g/mol. The van der Waals surface area contributed by atoms with Crippen LogP contribution in [0.4, 0.5) is 0 Å². The first-order valence-corrected chi connectivity index (χ1v) is 6.79. The van der Waals surface area contributed by atoms with E-state index in [9.17, 15) is 0 Å². The Morgan fingerprint density at radius 2 is 1.89 bits per heavy atom. The predicted octanol–water partition coefficient (Wildman–Crippen LogP) is 4.83. The predicted molar refractivity (Wildman–Crippen MR) is 81.7 cm³/mol. The topological polar surface area (TPSA) is 59.1 Å².